The highest BCUT2D eigenvalue weighted by molar-refractivity contribution is 7.09. The van der Waals surface area contributed by atoms with Crippen molar-refractivity contribution in [3.63, 3.8) is 0 Å². The number of nitrogens with zero attached hydrogens (tertiary/aromatic N) is 4. The van der Waals surface area contributed by atoms with E-state index in [1.165, 1.54) is 0 Å². The van der Waals surface area contributed by atoms with E-state index in [4.69, 9.17) is 0 Å². The highest BCUT2D eigenvalue weighted by Gasteiger charge is 2.07. The quantitative estimate of drug-likeness (QED) is 0.795. The average Bonchev–Trinajstić information content (AvgIpc) is 2.95. The van der Waals surface area contributed by atoms with E-state index in [0.717, 1.165) is 30.2 Å². The van der Waals surface area contributed by atoms with Crippen LogP contribution >= 0.6 is 11.3 Å². The maximum absolute atomic E-state index is 4.47. The lowest BCUT2D eigenvalue weighted by Crippen LogP contribution is -2.21. The van der Waals surface area contributed by atoms with Crippen molar-refractivity contribution < 1.29 is 0 Å². The van der Waals surface area contributed by atoms with Crippen LogP contribution in [0.5, 0.6) is 0 Å². The number of aromatic nitrogens is 4. The van der Waals surface area contributed by atoms with Crippen molar-refractivity contribution in [2.45, 2.75) is 32.9 Å². The lowest BCUT2D eigenvalue weighted by atomic mass is 10.2. The Balaban J connectivity index is 1.68. The van der Waals surface area contributed by atoms with Gasteiger partial charge in [-0.1, -0.05) is 5.21 Å². The van der Waals surface area contributed by atoms with Crippen LogP contribution in [0, 0.1) is 6.92 Å². The molecule has 0 aliphatic heterocycles. The van der Waals surface area contributed by atoms with Crippen molar-refractivity contribution in [3.8, 4) is 0 Å². The molecule has 0 amide bonds. The Kier molecular flexibility index (Phi) is 4.22. The van der Waals surface area contributed by atoms with Crippen LogP contribution in [0.1, 0.15) is 30.1 Å². The van der Waals surface area contributed by atoms with Crippen LogP contribution in [0.4, 0.5) is 0 Å². The summed E-state index contributed by atoms with van der Waals surface area (Å²) in [5, 5.41) is 14.4. The molecule has 2 aromatic heterocycles. The largest absolute Gasteiger partial charge is 0.309 e. The smallest absolute Gasteiger partial charge is 0.0898 e. The van der Waals surface area contributed by atoms with E-state index in [1.807, 2.05) is 17.8 Å². The SMILES string of the molecule is Cc1nc(C(C)NCCCn2ccnn2)cs1. The Hall–Kier alpha value is -1.27. The molecule has 0 radical (unpaired) electrons. The van der Waals surface area contributed by atoms with Gasteiger partial charge in [0.1, 0.15) is 0 Å². The molecule has 1 unspecified atom stereocenters. The summed E-state index contributed by atoms with van der Waals surface area (Å²) < 4.78 is 1.85. The van der Waals surface area contributed by atoms with Crippen LogP contribution in [-0.2, 0) is 6.54 Å². The number of hydrogen-bond donors (Lipinski definition) is 1. The van der Waals surface area contributed by atoms with E-state index in [0.29, 0.717) is 6.04 Å². The molecule has 0 bridgehead atoms. The van der Waals surface area contributed by atoms with Crippen LogP contribution in [0.2, 0.25) is 0 Å². The van der Waals surface area contributed by atoms with Gasteiger partial charge in [-0.2, -0.15) is 0 Å². The predicted molar refractivity (Wildman–Crippen MR) is 67.9 cm³/mol. The van der Waals surface area contributed by atoms with Crippen LogP contribution in [0.25, 0.3) is 0 Å². The molecule has 2 aromatic rings. The fourth-order valence-corrected chi connectivity index (χ4v) is 2.30. The second-order valence-electron chi connectivity index (χ2n) is 3.99. The highest BCUT2D eigenvalue weighted by Crippen LogP contribution is 2.15. The Morgan fingerprint density at radius 1 is 1.53 bits per heavy atom. The molecular weight excluding hydrogens is 234 g/mol. The van der Waals surface area contributed by atoms with Gasteiger partial charge in [-0.15, -0.1) is 16.4 Å². The lowest BCUT2D eigenvalue weighted by molar-refractivity contribution is 0.495. The summed E-state index contributed by atoms with van der Waals surface area (Å²) in [5.41, 5.74) is 1.13. The fourth-order valence-electron chi connectivity index (χ4n) is 1.60. The zero-order valence-electron chi connectivity index (χ0n) is 10.1. The monoisotopic (exact) mass is 251 g/mol. The Bertz CT molecular complexity index is 436. The van der Waals surface area contributed by atoms with Gasteiger partial charge in [0.25, 0.3) is 0 Å². The molecule has 0 saturated heterocycles. The van der Waals surface area contributed by atoms with Gasteiger partial charge < -0.3 is 5.32 Å². The van der Waals surface area contributed by atoms with Crippen molar-refractivity contribution in [3.05, 3.63) is 28.5 Å². The summed E-state index contributed by atoms with van der Waals surface area (Å²) >= 11 is 1.70. The molecule has 0 fully saturated rings. The number of thiazole rings is 1. The van der Waals surface area contributed by atoms with Gasteiger partial charge in [0, 0.05) is 24.2 Å². The van der Waals surface area contributed by atoms with Crippen LogP contribution in [0.3, 0.4) is 0 Å². The molecular formula is C11H17N5S. The fraction of sp³-hybridized carbons (Fsp3) is 0.545. The van der Waals surface area contributed by atoms with Crippen molar-refractivity contribution in [2.75, 3.05) is 6.54 Å². The number of nitrogens with one attached hydrogen (secondary N) is 1. The molecule has 2 heterocycles. The van der Waals surface area contributed by atoms with Crippen LogP contribution < -0.4 is 5.32 Å². The molecule has 1 atom stereocenters. The molecule has 0 aliphatic carbocycles. The topological polar surface area (TPSA) is 55.6 Å². The zero-order valence-corrected chi connectivity index (χ0v) is 10.9. The van der Waals surface area contributed by atoms with E-state index < -0.39 is 0 Å². The predicted octanol–water partition coefficient (Wildman–Crippen LogP) is 1.78. The first-order chi connectivity index (χ1) is 8.25. The third kappa shape index (κ3) is 3.61. The standard InChI is InChI=1S/C11H17N5S/c1-9(11-8-17-10(2)14-11)12-4-3-6-16-7-5-13-15-16/h5,7-9,12H,3-4,6H2,1-2H3. The van der Waals surface area contributed by atoms with Gasteiger partial charge >= 0.3 is 0 Å². The summed E-state index contributed by atoms with van der Waals surface area (Å²) in [5.74, 6) is 0. The molecule has 1 N–H and O–H groups in total. The molecule has 0 aromatic carbocycles. The molecule has 0 spiro atoms. The highest BCUT2D eigenvalue weighted by atomic mass is 32.1. The molecule has 92 valence electrons. The number of hydrogen-bond acceptors (Lipinski definition) is 5. The summed E-state index contributed by atoms with van der Waals surface area (Å²) in [4.78, 5) is 4.47. The summed E-state index contributed by atoms with van der Waals surface area (Å²) in [7, 11) is 0. The summed E-state index contributed by atoms with van der Waals surface area (Å²) in [6, 6.07) is 0.315. The van der Waals surface area contributed by atoms with Crippen molar-refractivity contribution in [2.24, 2.45) is 0 Å². The molecule has 0 aliphatic rings. The maximum atomic E-state index is 4.47. The van der Waals surface area contributed by atoms with E-state index in [9.17, 15) is 0 Å². The van der Waals surface area contributed by atoms with E-state index in [1.54, 1.807) is 17.5 Å². The Morgan fingerprint density at radius 2 is 2.41 bits per heavy atom. The summed E-state index contributed by atoms with van der Waals surface area (Å²) in [6.07, 6.45) is 4.62. The van der Waals surface area contributed by atoms with Gasteiger partial charge in [-0.3, -0.25) is 4.68 Å². The first-order valence-electron chi connectivity index (χ1n) is 5.75. The van der Waals surface area contributed by atoms with Crippen LogP contribution in [-0.4, -0.2) is 26.5 Å². The van der Waals surface area contributed by atoms with E-state index in [2.05, 4.69) is 32.9 Å². The minimum absolute atomic E-state index is 0.315. The molecule has 5 nitrogen and oxygen atoms in total. The minimum Gasteiger partial charge on any atom is -0.309 e. The van der Waals surface area contributed by atoms with Crippen molar-refractivity contribution in [1.82, 2.24) is 25.3 Å². The summed E-state index contributed by atoms with van der Waals surface area (Å²) in [6.45, 7) is 6.03. The normalized spacial score (nSPS) is 12.8. The second kappa shape index (κ2) is 5.88. The molecule has 6 heteroatoms. The van der Waals surface area contributed by atoms with Gasteiger partial charge in [-0.25, -0.2) is 4.98 Å². The van der Waals surface area contributed by atoms with Crippen LogP contribution in [0.15, 0.2) is 17.8 Å². The molecule has 0 saturated carbocycles. The maximum Gasteiger partial charge on any atom is 0.0898 e. The average molecular weight is 251 g/mol. The van der Waals surface area contributed by atoms with Crippen molar-refractivity contribution >= 4 is 11.3 Å². The van der Waals surface area contributed by atoms with Gasteiger partial charge in [0.15, 0.2) is 0 Å². The van der Waals surface area contributed by atoms with Gasteiger partial charge in [-0.05, 0) is 26.8 Å². The van der Waals surface area contributed by atoms with E-state index >= 15 is 0 Å². The number of rotatable bonds is 6. The van der Waals surface area contributed by atoms with Gasteiger partial charge in [0.2, 0.25) is 0 Å². The first-order valence-corrected chi connectivity index (χ1v) is 6.63. The Labute approximate surface area is 105 Å². The minimum atomic E-state index is 0.315. The molecule has 2 rings (SSSR count). The second-order valence-corrected chi connectivity index (χ2v) is 5.05. The Morgan fingerprint density at radius 3 is 3.06 bits per heavy atom. The van der Waals surface area contributed by atoms with Crippen molar-refractivity contribution in [1.29, 1.82) is 0 Å². The third-order valence-electron chi connectivity index (χ3n) is 2.57. The van der Waals surface area contributed by atoms with Gasteiger partial charge in [0.05, 0.1) is 16.9 Å². The number of aryl methyl sites for hydroxylation is 2. The van der Waals surface area contributed by atoms with E-state index in [-0.39, 0.29) is 0 Å². The first kappa shape index (κ1) is 12.2. The zero-order chi connectivity index (χ0) is 12.1. The third-order valence-corrected chi connectivity index (χ3v) is 3.36. The lowest BCUT2D eigenvalue weighted by Gasteiger charge is -2.11. The molecule has 17 heavy (non-hydrogen) atoms.